The Kier molecular flexibility index (Phi) is 3.04. The number of nitrogens with two attached hydrogens (primary N) is 1. The number of hydrogen-bond acceptors (Lipinski definition) is 6. The van der Waals surface area contributed by atoms with Crippen molar-refractivity contribution in [3.05, 3.63) is 64.4 Å². The number of aliphatic imine (C=N–C) groups is 1. The Labute approximate surface area is 158 Å². The number of guanidine groups is 1. The molecule has 2 aliphatic rings. The third kappa shape index (κ3) is 1.82. The van der Waals surface area contributed by atoms with Crippen molar-refractivity contribution in [2.45, 2.75) is 12.6 Å². The number of nitrogens with one attached hydrogen (secondary N) is 2. The number of anilines is 2. The summed E-state index contributed by atoms with van der Waals surface area (Å²) in [6.45, 7) is 1.32. The zero-order chi connectivity index (χ0) is 19.6. The molecule has 1 unspecified atom stereocenters. The first-order valence-corrected chi connectivity index (χ1v) is 8.59. The Morgan fingerprint density at radius 2 is 1.86 bits per heavy atom. The van der Waals surface area contributed by atoms with Gasteiger partial charge in [0.15, 0.2) is 0 Å². The lowest BCUT2D eigenvalue weighted by Crippen LogP contribution is -2.67. The number of carbonyl (C=O) groups is 2. The first-order chi connectivity index (χ1) is 13.4. The molecule has 3 aromatic rings. The summed E-state index contributed by atoms with van der Waals surface area (Å²) in [7, 11) is 0. The van der Waals surface area contributed by atoms with Crippen LogP contribution in [0.3, 0.4) is 0 Å². The van der Waals surface area contributed by atoms with Gasteiger partial charge in [-0.25, -0.2) is 15.2 Å². The number of nitrogens with zero attached hydrogens (tertiary/aromatic N) is 3. The quantitative estimate of drug-likeness (QED) is 0.483. The fraction of sp³-hybridized carbons (Fsp3) is 0.105. The maximum absolute atomic E-state index is 13.6. The van der Waals surface area contributed by atoms with E-state index >= 15 is 0 Å². The highest BCUT2D eigenvalue weighted by Crippen LogP contribution is 2.42. The Hall–Kier alpha value is -4.01. The zero-order valence-electron chi connectivity index (χ0n) is 14.8. The smallest absolute Gasteiger partial charge is 0.357 e. The molecule has 4 N–H and O–H groups in total. The van der Waals surface area contributed by atoms with Gasteiger partial charge in [0, 0.05) is 12.5 Å². The van der Waals surface area contributed by atoms with Crippen molar-refractivity contribution in [1.82, 2.24) is 4.98 Å². The first kappa shape index (κ1) is 16.2. The number of imide groups is 1. The second-order valence-electron chi connectivity index (χ2n) is 6.63. The van der Waals surface area contributed by atoms with E-state index < -0.39 is 17.5 Å². The molecule has 9 heteroatoms. The molecule has 3 heterocycles. The van der Waals surface area contributed by atoms with Gasteiger partial charge in [-0.1, -0.05) is 30.3 Å². The summed E-state index contributed by atoms with van der Waals surface area (Å²) in [6, 6.07) is 13.8. The van der Waals surface area contributed by atoms with Gasteiger partial charge < -0.3 is 5.73 Å². The van der Waals surface area contributed by atoms with Crippen LogP contribution in [0.5, 0.6) is 0 Å². The molecule has 1 spiro atoms. The van der Waals surface area contributed by atoms with Gasteiger partial charge in [-0.15, -0.1) is 0 Å². The molecule has 2 aromatic carbocycles. The maximum atomic E-state index is 13.6. The minimum atomic E-state index is -1.64. The van der Waals surface area contributed by atoms with E-state index in [9.17, 15) is 14.4 Å². The number of benzene rings is 2. The molecule has 5 rings (SSSR count). The molecule has 0 fully saturated rings. The van der Waals surface area contributed by atoms with Crippen molar-refractivity contribution in [3.63, 3.8) is 0 Å². The third-order valence-electron chi connectivity index (χ3n) is 5.03. The summed E-state index contributed by atoms with van der Waals surface area (Å²) in [5.41, 5.74) is 5.44. The largest absolute Gasteiger partial charge is 0.368 e. The second kappa shape index (κ2) is 5.26. The van der Waals surface area contributed by atoms with Crippen molar-refractivity contribution in [1.29, 1.82) is 0 Å². The Balaban J connectivity index is 1.99. The number of carbonyl (C=O) groups excluding carboxylic acids is 2. The van der Waals surface area contributed by atoms with Gasteiger partial charge in [-0.2, -0.15) is 9.56 Å². The fourth-order valence-corrected chi connectivity index (χ4v) is 3.99. The average molecular weight is 375 g/mol. The number of H-pyrrole nitrogens is 1. The SMILES string of the molecule is CC(=O)N1C(=O)C2(N=C(N)Nc3[nH]c(=O)c4ccccc4[n+]32)c2ccccc21. The van der Waals surface area contributed by atoms with Crippen LogP contribution < -0.4 is 26.1 Å². The molecule has 0 saturated carbocycles. The molecule has 0 radical (unpaired) electrons. The lowest BCUT2D eigenvalue weighted by atomic mass is 9.99. The molecule has 0 bridgehead atoms. The highest BCUT2D eigenvalue weighted by atomic mass is 16.2. The van der Waals surface area contributed by atoms with Crippen LogP contribution in [0.4, 0.5) is 11.6 Å². The summed E-state index contributed by atoms with van der Waals surface area (Å²) in [4.78, 5) is 46.7. The Morgan fingerprint density at radius 3 is 2.64 bits per heavy atom. The number of para-hydroxylation sites is 2. The van der Waals surface area contributed by atoms with Crippen LogP contribution >= 0.6 is 0 Å². The number of aromatic amines is 1. The van der Waals surface area contributed by atoms with E-state index in [1.807, 2.05) is 0 Å². The van der Waals surface area contributed by atoms with Crippen LogP contribution in [-0.4, -0.2) is 22.8 Å². The number of hydrogen-bond donors (Lipinski definition) is 3. The van der Waals surface area contributed by atoms with E-state index in [1.54, 1.807) is 53.1 Å². The topological polar surface area (TPSA) is 125 Å². The molecule has 0 saturated heterocycles. The maximum Gasteiger partial charge on any atom is 0.368 e. The van der Waals surface area contributed by atoms with E-state index in [-0.39, 0.29) is 17.5 Å². The van der Waals surface area contributed by atoms with Gasteiger partial charge >= 0.3 is 17.4 Å². The van der Waals surface area contributed by atoms with E-state index in [0.717, 1.165) is 4.90 Å². The van der Waals surface area contributed by atoms with Gasteiger partial charge in [0.1, 0.15) is 5.52 Å². The summed E-state index contributed by atoms with van der Waals surface area (Å²) in [5, 5.41) is 3.20. The molecule has 28 heavy (non-hydrogen) atoms. The Bertz CT molecular complexity index is 1290. The Morgan fingerprint density at radius 1 is 1.14 bits per heavy atom. The van der Waals surface area contributed by atoms with Gasteiger partial charge in [0.05, 0.1) is 11.1 Å². The molecule has 2 aliphatic heterocycles. The summed E-state index contributed by atoms with van der Waals surface area (Å²) >= 11 is 0. The predicted molar refractivity (Wildman–Crippen MR) is 102 cm³/mol. The standard InChI is InChI=1S/C19H14N6O3/c1-10(26)24-14-9-5-3-7-12(14)19(16(24)28)23-17(20)22-18-21-15(27)11-6-2-4-8-13(11)25(18)19/h2-9H,1H3,(H3,20,21,22,23,27)/p+1. The van der Waals surface area contributed by atoms with Gasteiger partial charge in [0.25, 0.3) is 11.6 Å². The van der Waals surface area contributed by atoms with E-state index in [0.29, 0.717) is 22.2 Å². The predicted octanol–water partition coefficient (Wildman–Crippen LogP) is 0.150. The molecule has 1 aromatic heterocycles. The first-order valence-electron chi connectivity index (χ1n) is 8.59. The number of amides is 2. The fourth-order valence-electron chi connectivity index (χ4n) is 3.99. The number of fused-ring (bicyclic) bond motifs is 6. The highest BCUT2D eigenvalue weighted by Gasteiger charge is 2.60. The zero-order valence-corrected chi connectivity index (χ0v) is 14.8. The molecule has 138 valence electrons. The van der Waals surface area contributed by atoms with Crippen molar-refractivity contribution in [3.8, 4) is 0 Å². The minimum absolute atomic E-state index is 0.0421. The number of rotatable bonds is 0. The monoisotopic (exact) mass is 375 g/mol. The van der Waals surface area contributed by atoms with Crippen molar-refractivity contribution < 1.29 is 14.2 Å². The molecule has 1 atom stereocenters. The van der Waals surface area contributed by atoms with Crippen LogP contribution in [0.2, 0.25) is 0 Å². The normalized spacial score (nSPS) is 20.0. The van der Waals surface area contributed by atoms with Crippen LogP contribution in [-0.2, 0) is 15.3 Å². The lowest BCUT2D eigenvalue weighted by Gasteiger charge is -2.29. The lowest BCUT2D eigenvalue weighted by molar-refractivity contribution is -0.702. The number of aromatic nitrogens is 2. The average Bonchev–Trinajstić information content (AvgIpc) is 2.90. The molecule has 0 aliphatic carbocycles. The summed E-state index contributed by atoms with van der Waals surface area (Å²) in [6.07, 6.45) is 0. The van der Waals surface area contributed by atoms with Crippen molar-refractivity contribution in [2.24, 2.45) is 10.7 Å². The third-order valence-corrected chi connectivity index (χ3v) is 5.03. The highest BCUT2D eigenvalue weighted by molar-refractivity contribution is 6.22. The van der Waals surface area contributed by atoms with E-state index in [1.165, 1.54) is 6.92 Å². The van der Waals surface area contributed by atoms with Gasteiger partial charge in [0.2, 0.25) is 5.91 Å². The van der Waals surface area contributed by atoms with Gasteiger partial charge in [-0.05, 0) is 18.2 Å². The molecule has 9 nitrogen and oxygen atoms in total. The summed E-state index contributed by atoms with van der Waals surface area (Å²) < 4.78 is 1.59. The van der Waals surface area contributed by atoms with Crippen LogP contribution in [0.15, 0.2) is 58.3 Å². The van der Waals surface area contributed by atoms with Gasteiger partial charge in [-0.3, -0.25) is 14.4 Å². The minimum Gasteiger partial charge on any atom is -0.357 e. The second-order valence-corrected chi connectivity index (χ2v) is 6.63. The van der Waals surface area contributed by atoms with Crippen molar-refractivity contribution >= 4 is 40.3 Å². The van der Waals surface area contributed by atoms with Crippen LogP contribution in [0.1, 0.15) is 12.5 Å². The molecular formula is C19H15N6O3+. The summed E-state index contributed by atoms with van der Waals surface area (Å²) in [5.74, 6) is -0.823. The van der Waals surface area contributed by atoms with Crippen LogP contribution in [0.25, 0.3) is 10.9 Å². The van der Waals surface area contributed by atoms with E-state index in [4.69, 9.17) is 5.73 Å². The molecule has 2 amide bonds. The van der Waals surface area contributed by atoms with E-state index in [2.05, 4.69) is 15.3 Å². The molecular weight excluding hydrogens is 360 g/mol. The van der Waals surface area contributed by atoms with Crippen molar-refractivity contribution in [2.75, 3.05) is 10.2 Å². The van der Waals surface area contributed by atoms with Crippen LogP contribution in [0, 0.1) is 0 Å².